The van der Waals surface area contributed by atoms with Crippen LogP contribution in [0.2, 0.25) is 5.02 Å². The Labute approximate surface area is 179 Å². The van der Waals surface area contributed by atoms with Gasteiger partial charge in [0.25, 0.3) is 5.91 Å². The molecule has 0 atom stereocenters. The van der Waals surface area contributed by atoms with Crippen molar-refractivity contribution in [3.8, 4) is 11.4 Å². The average molecular weight is 415 g/mol. The minimum atomic E-state index is -0.201. The van der Waals surface area contributed by atoms with Gasteiger partial charge in [-0.25, -0.2) is 9.97 Å². The monoisotopic (exact) mass is 414 g/mol. The molecule has 3 aromatic carbocycles. The number of hydrogen-bond donors (Lipinski definition) is 2. The van der Waals surface area contributed by atoms with Crippen molar-refractivity contribution < 1.29 is 4.79 Å². The van der Waals surface area contributed by atoms with Gasteiger partial charge in [-0.2, -0.15) is 0 Å². The standard InChI is InChI=1S/C24H19ClN4O/c1-16-5-7-17(8-6-16)23-26-14-13-22(29-23)27-20-11-9-18(10-12-20)24(30)28-21-4-2-3-19(25)15-21/h2-15H,1H3,(H,28,30)(H,26,27,29). The van der Waals surface area contributed by atoms with Gasteiger partial charge in [0.2, 0.25) is 0 Å². The van der Waals surface area contributed by atoms with E-state index >= 15 is 0 Å². The van der Waals surface area contributed by atoms with E-state index in [4.69, 9.17) is 11.6 Å². The number of nitrogens with zero attached hydrogens (tertiary/aromatic N) is 2. The number of nitrogens with one attached hydrogen (secondary N) is 2. The molecule has 0 bridgehead atoms. The van der Waals surface area contributed by atoms with Gasteiger partial charge >= 0.3 is 0 Å². The lowest BCUT2D eigenvalue weighted by Gasteiger charge is -2.09. The molecule has 4 aromatic rings. The first-order chi connectivity index (χ1) is 14.6. The number of hydrogen-bond acceptors (Lipinski definition) is 4. The maximum Gasteiger partial charge on any atom is 0.255 e. The maximum atomic E-state index is 12.4. The van der Waals surface area contributed by atoms with Crippen LogP contribution in [0.15, 0.2) is 85.1 Å². The van der Waals surface area contributed by atoms with E-state index in [0.717, 1.165) is 11.3 Å². The molecular formula is C24H19ClN4O. The van der Waals surface area contributed by atoms with Crippen LogP contribution in [0.1, 0.15) is 15.9 Å². The summed E-state index contributed by atoms with van der Waals surface area (Å²) < 4.78 is 0. The molecule has 0 aliphatic heterocycles. The van der Waals surface area contributed by atoms with Crippen molar-refractivity contribution >= 4 is 34.7 Å². The maximum absolute atomic E-state index is 12.4. The summed E-state index contributed by atoms with van der Waals surface area (Å²) in [6, 6.07) is 24.1. The lowest BCUT2D eigenvalue weighted by Crippen LogP contribution is -2.11. The zero-order chi connectivity index (χ0) is 20.9. The van der Waals surface area contributed by atoms with Crippen LogP contribution < -0.4 is 10.6 Å². The normalized spacial score (nSPS) is 10.5. The molecule has 0 saturated carbocycles. The number of carbonyl (C=O) groups is 1. The number of benzene rings is 3. The third-order valence-corrected chi connectivity index (χ3v) is 4.70. The second kappa shape index (κ2) is 8.76. The van der Waals surface area contributed by atoms with E-state index in [1.807, 2.05) is 43.3 Å². The minimum absolute atomic E-state index is 0.201. The first kappa shape index (κ1) is 19.6. The topological polar surface area (TPSA) is 66.9 Å². The van der Waals surface area contributed by atoms with E-state index in [0.29, 0.717) is 27.9 Å². The van der Waals surface area contributed by atoms with Gasteiger partial charge in [0.1, 0.15) is 5.82 Å². The Hall–Kier alpha value is -3.70. The fraction of sp³-hybridized carbons (Fsp3) is 0.0417. The number of halogens is 1. The molecule has 1 heterocycles. The highest BCUT2D eigenvalue weighted by Gasteiger charge is 2.07. The van der Waals surface area contributed by atoms with Crippen molar-refractivity contribution in [3.63, 3.8) is 0 Å². The Balaban J connectivity index is 1.45. The third kappa shape index (κ3) is 4.82. The van der Waals surface area contributed by atoms with Crippen LogP contribution in [-0.4, -0.2) is 15.9 Å². The van der Waals surface area contributed by atoms with Crippen LogP contribution in [-0.2, 0) is 0 Å². The van der Waals surface area contributed by atoms with Crippen molar-refractivity contribution in [3.05, 3.63) is 101 Å². The predicted octanol–water partition coefficient (Wildman–Crippen LogP) is 6.10. The van der Waals surface area contributed by atoms with Gasteiger partial charge in [-0.15, -0.1) is 0 Å². The van der Waals surface area contributed by atoms with E-state index < -0.39 is 0 Å². The molecule has 0 saturated heterocycles. The van der Waals surface area contributed by atoms with Gasteiger partial charge in [-0.05, 0) is 55.5 Å². The lowest BCUT2D eigenvalue weighted by atomic mass is 10.1. The van der Waals surface area contributed by atoms with E-state index in [1.165, 1.54) is 5.56 Å². The summed E-state index contributed by atoms with van der Waals surface area (Å²) in [4.78, 5) is 21.4. The Morgan fingerprint density at radius 3 is 2.40 bits per heavy atom. The van der Waals surface area contributed by atoms with Crippen LogP contribution in [0, 0.1) is 6.92 Å². The second-order valence-electron chi connectivity index (χ2n) is 6.80. The fourth-order valence-electron chi connectivity index (χ4n) is 2.89. The highest BCUT2D eigenvalue weighted by Crippen LogP contribution is 2.21. The zero-order valence-electron chi connectivity index (χ0n) is 16.3. The molecule has 148 valence electrons. The smallest absolute Gasteiger partial charge is 0.255 e. The summed E-state index contributed by atoms with van der Waals surface area (Å²) >= 11 is 5.96. The lowest BCUT2D eigenvalue weighted by molar-refractivity contribution is 0.102. The van der Waals surface area contributed by atoms with Gasteiger partial charge in [-0.3, -0.25) is 4.79 Å². The molecule has 2 N–H and O–H groups in total. The predicted molar refractivity (Wildman–Crippen MR) is 121 cm³/mol. The first-order valence-corrected chi connectivity index (χ1v) is 9.79. The Bertz CT molecular complexity index is 1170. The van der Waals surface area contributed by atoms with Crippen LogP contribution in [0.5, 0.6) is 0 Å². The molecule has 6 heteroatoms. The summed E-state index contributed by atoms with van der Waals surface area (Å²) in [5, 5.41) is 6.65. The molecule has 1 amide bonds. The summed E-state index contributed by atoms with van der Waals surface area (Å²) in [5.41, 5.74) is 4.16. The van der Waals surface area contributed by atoms with Gasteiger partial charge in [0, 0.05) is 33.7 Å². The SMILES string of the molecule is Cc1ccc(-c2nccc(Nc3ccc(C(=O)Nc4cccc(Cl)c4)cc3)n2)cc1. The van der Waals surface area contributed by atoms with Crippen molar-refractivity contribution in [2.75, 3.05) is 10.6 Å². The summed E-state index contributed by atoms with van der Waals surface area (Å²) in [7, 11) is 0. The largest absolute Gasteiger partial charge is 0.340 e. The summed E-state index contributed by atoms with van der Waals surface area (Å²) in [6.07, 6.45) is 1.72. The van der Waals surface area contributed by atoms with Crippen molar-refractivity contribution in [1.29, 1.82) is 0 Å². The highest BCUT2D eigenvalue weighted by atomic mass is 35.5. The van der Waals surface area contributed by atoms with Crippen LogP contribution in [0.4, 0.5) is 17.2 Å². The molecule has 1 aromatic heterocycles. The number of carbonyl (C=O) groups excluding carboxylic acids is 1. The molecule has 0 aliphatic rings. The average Bonchev–Trinajstić information content (AvgIpc) is 2.75. The van der Waals surface area contributed by atoms with Gasteiger partial charge in [0.05, 0.1) is 0 Å². The van der Waals surface area contributed by atoms with Crippen LogP contribution in [0.25, 0.3) is 11.4 Å². The van der Waals surface area contributed by atoms with Gasteiger partial charge in [-0.1, -0.05) is 47.5 Å². The van der Waals surface area contributed by atoms with Crippen LogP contribution >= 0.6 is 11.6 Å². The fourth-order valence-corrected chi connectivity index (χ4v) is 3.08. The van der Waals surface area contributed by atoms with E-state index in [1.54, 1.807) is 48.7 Å². The molecule has 0 unspecified atom stereocenters. The Morgan fingerprint density at radius 2 is 1.67 bits per heavy atom. The first-order valence-electron chi connectivity index (χ1n) is 9.41. The number of aromatic nitrogens is 2. The number of anilines is 3. The molecule has 4 rings (SSSR count). The number of aryl methyl sites for hydroxylation is 1. The minimum Gasteiger partial charge on any atom is -0.340 e. The molecule has 0 fully saturated rings. The van der Waals surface area contributed by atoms with E-state index in [2.05, 4.69) is 20.6 Å². The van der Waals surface area contributed by atoms with Crippen molar-refractivity contribution in [2.24, 2.45) is 0 Å². The van der Waals surface area contributed by atoms with Crippen molar-refractivity contribution in [2.45, 2.75) is 6.92 Å². The van der Waals surface area contributed by atoms with Gasteiger partial charge in [0.15, 0.2) is 5.82 Å². The third-order valence-electron chi connectivity index (χ3n) is 4.47. The highest BCUT2D eigenvalue weighted by molar-refractivity contribution is 6.31. The molecule has 30 heavy (non-hydrogen) atoms. The van der Waals surface area contributed by atoms with E-state index in [9.17, 15) is 4.79 Å². The molecule has 0 spiro atoms. The zero-order valence-corrected chi connectivity index (χ0v) is 17.0. The van der Waals surface area contributed by atoms with E-state index in [-0.39, 0.29) is 5.91 Å². The summed E-state index contributed by atoms with van der Waals surface area (Å²) in [6.45, 7) is 2.04. The Kier molecular flexibility index (Phi) is 5.72. The molecule has 0 aliphatic carbocycles. The molecule has 0 radical (unpaired) electrons. The van der Waals surface area contributed by atoms with Gasteiger partial charge < -0.3 is 10.6 Å². The number of rotatable bonds is 5. The van der Waals surface area contributed by atoms with Crippen LogP contribution in [0.3, 0.4) is 0 Å². The second-order valence-corrected chi connectivity index (χ2v) is 7.23. The Morgan fingerprint density at radius 1 is 0.900 bits per heavy atom. The summed E-state index contributed by atoms with van der Waals surface area (Å²) in [5.74, 6) is 1.13. The molecular weight excluding hydrogens is 396 g/mol. The number of amides is 1. The quantitative estimate of drug-likeness (QED) is 0.414. The van der Waals surface area contributed by atoms with Crippen molar-refractivity contribution in [1.82, 2.24) is 9.97 Å². The molecule has 5 nitrogen and oxygen atoms in total.